The molecule has 0 saturated carbocycles. The van der Waals surface area contributed by atoms with Gasteiger partial charge in [-0.1, -0.05) is 62.2 Å². The molecule has 0 saturated heterocycles. The van der Waals surface area contributed by atoms with Crippen molar-refractivity contribution in [1.29, 1.82) is 0 Å². The van der Waals surface area contributed by atoms with Gasteiger partial charge in [0.1, 0.15) is 0 Å². The number of halogens is 3. The van der Waals surface area contributed by atoms with E-state index >= 15 is 0 Å². The molecule has 1 aliphatic rings. The highest BCUT2D eigenvalue weighted by atomic mass is 79.9. The van der Waals surface area contributed by atoms with Crippen LogP contribution in [0, 0.1) is 0 Å². The van der Waals surface area contributed by atoms with E-state index in [9.17, 15) is 0 Å². The highest BCUT2D eigenvalue weighted by molar-refractivity contribution is 9.10. The Morgan fingerprint density at radius 2 is 1.44 bits per heavy atom. The van der Waals surface area contributed by atoms with Crippen molar-refractivity contribution in [2.45, 2.75) is 23.8 Å². The lowest BCUT2D eigenvalue weighted by Crippen LogP contribution is -2.48. The van der Waals surface area contributed by atoms with Gasteiger partial charge >= 0.3 is 0 Å². The molecule has 2 aromatic carbocycles. The van der Waals surface area contributed by atoms with E-state index in [-0.39, 0.29) is 6.04 Å². The fraction of sp³-hybridized carbons (Fsp3) is 0.200. The lowest BCUT2D eigenvalue weighted by molar-refractivity contribution is 0.557. The summed E-state index contributed by atoms with van der Waals surface area (Å²) in [4.78, 5) is -0.736. The van der Waals surface area contributed by atoms with E-state index < -0.39 is 4.87 Å². The van der Waals surface area contributed by atoms with Crippen molar-refractivity contribution in [3.05, 3.63) is 92.0 Å². The van der Waals surface area contributed by atoms with E-state index in [0.29, 0.717) is 18.5 Å². The van der Waals surface area contributed by atoms with Crippen LogP contribution in [0.3, 0.4) is 0 Å². The first kappa shape index (κ1) is 18.7. The van der Waals surface area contributed by atoms with E-state index in [0.717, 1.165) is 25.6 Å². The van der Waals surface area contributed by atoms with E-state index in [1.54, 1.807) is 0 Å². The van der Waals surface area contributed by atoms with Crippen LogP contribution in [0.2, 0.25) is 0 Å². The van der Waals surface area contributed by atoms with Gasteiger partial charge in [-0.15, -0.1) is 11.6 Å². The van der Waals surface area contributed by atoms with Crippen LogP contribution in [0.5, 0.6) is 0 Å². The Labute approximate surface area is 170 Å². The summed E-state index contributed by atoms with van der Waals surface area (Å²) in [5, 5.41) is 0. The third-order valence-electron chi connectivity index (χ3n) is 4.53. The monoisotopic (exact) mass is 480 g/mol. The number of rotatable bonds is 4. The molecule has 3 rings (SSSR count). The van der Waals surface area contributed by atoms with Crippen molar-refractivity contribution in [2.24, 2.45) is 11.5 Å². The number of hydrogen-bond donors (Lipinski definition) is 2. The zero-order valence-electron chi connectivity index (χ0n) is 13.6. The molecule has 0 aromatic heterocycles. The van der Waals surface area contributed by atoms with Crippen LogP contribution in [-0.2, 0) is 12.8 Å². The molecule has 2 unspecified atom stereocenters. The van der Waals surface area contributed by atoms with Crippen LogP contribution in [-0.4, -0.2) is 10.9 Å². The van der Waals surface area contributed by atoms with E-state index in [2.05, 4.69) is 56.1 Å². The zero-order valence-corrected chi connectivity index (χ0v) is 17.5. The molecule has 2 nitrogen and oxygen atoms in total. The predicted molar refractivity (Wildman–Crippen MR) is 113 cm³/mol. The Balaban J connectivity index is 1.94. The van der Waals surface area contributed by atoms with Crippen LogP contribution in [0.15, 0.2) is 80.9 Å². The largest absolute Gasteiger partial charge is 0.399 e. The lowest BCUT2D eigenvalue weighted by Gasteiger charge is -2.38. The van der Waals surface area contributed by atoms with Crippen molar-refractivity contribution < 1.29 is 0 Å². The number of benzene rings is 2. The highest BCUT2D eigenvalue weighted by Gasteiger charge is 2.40. The van der Waals surface area contributed by atoms with Gasteiger partial charge in [-0.3, -0.25) is 0 Å². The van der Waals surface area contributed by atoms with E-state index in [4.69, 9.17) is 23.1 Å². The maximum Gasteiger partial charge on any atom is 0.0907 e. The molecule has 0 aliphatic heterocycles. The molecule has 0 bridgehead atoms. The fourth-order valence-electron chi connectivity index (χ4n) is 3.08. The smallest absolute Gasteiger partial charge is 0.0907 e. The maximum absolute atomic E-state index is 7.11. The normalized spacial score (nSPS) is 23.1. The zero-order chi connectivity index (χ0) is 18.0. The molecule has 0 spiro atoms. The Hall–Kier alpha value is -1.07. The average Bonchev–Trinajstić information content (AvgIpc) is 2.59. The Bertz CT molecular complexity index is 813. The van der Waals surface area contributed by atoms with Gasteiger partial charge in [-0.05, 0) is 59.9 Å². The molecule has 0 fully saturated rings. The summed E-state index contributed by atoms with van der Waals surface area (Å²) < 4.78 is 2.09. The lowest BCUT2D eigenvalue weighted by atomic mass is 9.78. The van der Waals surface area contributed by atoms with Gasteiger partial charge in [0.05, 0.1) is 4.87 Å². The Morgan fingerprint density at radius 1 is 0.920 bits per heavy atom. The summed E-state index contributed by atoms with van der Waals surface area (Å²) in [6, 6.07) is 16.1. The molecule has 25 heavy (non-hydrogen) atoms. The first-order chi connectivity index (χ1) is 11.9. The average molecular weight is 483 g/mol. The van der Waals surface area contributed by atoms with Gasteiger partial charge in [0.15, 0.2) is 0 Å². The molecule has 0 radical (unpaired) electrons. The Kier molecular flexibility index (Phi) is 5.74. The van der Waals surface area contributed by atoms with Crippen molar-refractivity contribution >= 4 is 43.5 Å². The van der Waals surface area contributed by atoms with E-state index in [1.165, 1.54) is 0 Å². The third kappa shape index (κ3) is 4.20. The van der Waals surface area contributed by atoms with Crippen molar-refractivity contribution in [2.75, 3.05) is 0 Å². The van der Waals surface area contributed by atoms with Crippen molar-refractivity contribution in [3.63, 3.8) is 0 Å². The summed E-state index contributed by atoms with van der Waals surface area (Å²) in [5.74, 6) is 0. The van der Waals surface area contributed by atoms with Crippen LogP contribution in [0.1, 0.15) is 11.1 Å². The summed E-state index contributed by atoms with van der Waals surface area (Å²) in [6.45, 7) is 0. The van der Waals surface area contributed by atoms with Crippen molar-refractivity contribution in [3.8, 4) is 0 Å². The minimum Gasteiger partial charge on any atom is -0.399 e. The number of nitrogens with two attached hydrogens (primary N) is 2. The quantitative estimate of drug-likeness (QED) is 0.597. The highest BCUT2D eigenvalue weighted by Crippen LogP contribution is 2.39. The third-order valence-corrected chi connectivity index (χ3v) is 6.20. The van der Waals surface area contributed by atoms with Gasteiger partial charge in [-0.2, -0.15) is 0 Å². The Morgan fingerprint density at radius 3 is 2.00 bits per heavy atom. The molecular weight excluding hydrogens is 463 g/mol. The SMILES string of the molecule is NC1=C(Cc2ccc(Br)cc2)C(Cl)(Cc2ccc(Br)cc2)C(N)C=C1. The number of hydrogen-bond acceptors (Lipinski definition) is 2. The summed E-state index contributed by atoms with van der Waals surface area (Å²) in [6.07, 6.45) is 5.07. The first-order valence-corrected chi connectivity index (χ1v) is 9.95. The van der Waals surface area contributed by atoms with Crippen LogP contribution >= 0.6 is 43.5 Å². The summed E-state index contributed by atoms with van der Waals surface area (Å²) in [5.41, 5.74) is 16.7. The molecule has 0 heterocycles. The molecule has 0 amide bonds. The summed E-state index contributed by atoms with van der Waals surface area (Å²) in [7, 11) is 0. The molecule has 1 aliphatic carbocycles. The van der Waals surface area contributed by atoms with Crippen LogP contribution in [0.4, 0.5) is 0 Å². The van der Waals surface area contributed by atoms with Gasteiger partial charge in [0, 0.05) is 20.7 Å². The molecule has 4 N–H and O–H groups in total. The molecular formula is C20H19Br2ClN2. The standard InChI is InChI=1S/C20H19Br2ClN2/c21-15-5-1-13(2-6-15)11-17-18(24)9-10-19(25)20(17,23)12-14-3-7-16(22)8-4-14/h1-10,19H,11-12,24-25H2. The second kappa shape index (κ2) is 7.67. The minimum atomic E-state index is -0.736. The molecule has 2 aromatic rings. The molecule has 5 heteroatoms. The van der Waals surface area contributed by atoms with Gasteiger partial charge in [0.2, 0.25) is 0 Å². The van der Waals surface area contributed by atoms with Crippen LogP contribution < -0.4 is 11.5 Å². The van der Waals surface area contributed by atoms with Gasteiger partial charge in [-0.25, -0.2) is 0 Å². The minimum absolute atomic E-state index is 0.296. The van der Waals surface area contributed by atoms with Gasteiger partial charge < -0.3 is 11.5 Å². The number of alkyl halides is 1. The van der Waals surface area contributed by atoms with Gasteiger partial charge in [0.25, 0.3) is 0 Å². The van der Waals surface area contributed by atoms with Crippen molar-refractivity contribution in [1.82, 2.24) is 0 Å². The second-order valence-corrected chi connectivity index (χ2v) is 8.79. The topological polar surface area (TPSA) is 52.0 Å². The van der Waals surface area contributed by atoms with E-state index in [1.807, 2.05) is 36.4 Å². The molecule has 2 atom stereocenters. The summed E-state index contributed by atoms with van der Waals surface area (Å²) >= 11 is 14.0. The second-order valence-electron chi connectivity index (χ2n) is 6.29. The predicted octanol–water partition coefficient (Wildman–Crippen LogP) is 5.08. The van der Waals surface area contributed by atoms with Crippen LogP contribution in [0.25, 0.3) is 0 Å². The first-order valence-electron chi connectivity index (χ1n) is 7.99. The molecule has 130 valence electrons. The fourth-order valence-corrected chi connectivity index (χ4v) is 4.01. The number of allylic oxidation sites excluding steroid dienone is 1. The maximum atomic E-state index is 7.11.